The Kier molecular flexibility index (Phi) is 15.7. The molecule has 0 saturated carbocycles. The van der Waals surface area contributed by atoms with Crippen LogP contribution in [-0.4, -0.2) is 65.8 Å². The summed E-state index contributed by atoms with van der Waals surface area (Å²) < 4.78 is 22.5. The molecule has 8 heteroatoms. The number of aryl methyl sites for hydroxylation is 1. The Bertz CT molecular complexity index is 625. The van der Waals surface area contributed by atoms with Gasteiger partial charge in [-0.05, 0) is 50.7 Å². The minimum Gasteiger partial charge on any atom is -0.491 e. The third kappa shape index (κ3) is 11.9. The average Bonchev–Trinajstić information content (AvgIpc) is 2.77. The predicted octanol–water partition coefficient (Wildman–Crippen LogP) is 3.53. The van der Waals surface area contributed by atoms with Gasteiger partial charge in [0.15, 0.2) is 5.96 Å². The number of nitrogens with one attached hydrogen (secondary N) is 2. The fourth-order valence-corrected chi connectivity index (χ4v) is 3.24. The number of rotatable bonds is 13. The summed E-state index contributed by atoms with van der Waals surface area (Å²) >= 11 is 0. The van der Waals surface area contributed by atoms with Crippen molar-refractivity contribution in [3.8, 4) is 5.75 Å². The molecule has 0 amide bonds. The van der Waals surface area contributed by atoms with Crippen molar-refractivity contribution in [3.05, 3.63) is 29.3 Å². The maximum Gasteiger partial charge on any atom is 0.191 e. The number of benzene rings is 1. The second-order valence-corrected chi connectivity index (χ2v) is 7.49. The van der Waals surface area contributed by atoms with Crippen LogP contribution >= 0.6 is 24.0 Å². The summed E-state index contributed by atoms with van der Waals surface area (Å²) in [6, 6.07) is 6.25. The maximum atomic E-state index is 5.91. The van der Waals surface area contributed by atoms with Crippen molar-refractivity contribution < 1.29 is 18.9 Å². The summed E-state index contributed by atoms with van der Waals surface area (Å²) in [4.78, 5) is 4.31. The van der Waals surface area contributed by atoms with Gasteiger partial charge in [0.2, 0.25) is 0 Å². The SMILES string of the molecule is CCOCCOc1cc(C)ccc1CNC(=NC)NCCCOCC1CCOCC1.I. The van der Waals surface area contributed by atoms with E-state index < -0.39 is 0 Å². The Morgan fingerprint density at radius 3 is 2.68 bits per heavy atom. The summed E-state index contributed by atoms with van der Waals surface area (Å²) in [5.74, 6) is 2.32. The first-order valence-electron chi connectivity index (χ1n) is 11.1. The van der Waals surface area contributed by atoms with Crippen LogP contribution in [-0.2, 0) is 20.8 Å². The lowest BCUT2D eigenvalue weighted by atomic mass is 10.0. The third-order valence-corrected chi connectivity index (χ3v) is 5.03. The fourth-order valence-electron chi connectivity index (χ4n) is 3.24. The van der Waals surface area contributed by atoms with Crippen LogP contribution < -0.4 is 15.4 Å². The number of nitrogens with zero attached hydrogens (tertiary/aromatic N) is 1. The molecule has 31 heavy (non-hydrogen) atoms. The van der Waals surface area contributed by atoms with Crippen molar-refractivity contribution in [2.75, 3.05) is 59.8 Å². The molecular weight excluding hydrogens is 509 g/mol. The van der Waals surface area contributed by atoms with Gasteiger partial charge in [0.05, 0.1) is 6.61 Å². The van der Waals surface area contributed by atoms with E-state index in [0.717, 1.165) is 69.5 Å². The highest BCUT2D eigenvalue weighted by molar-refractivity contribution is 14.0. The van der Waals surface area contributed by atoms with Gasteiger partial charge >= 0.3 is 0 Å². The Balaban J connectivity index is 0.00000480. The monoisotopic (exact) mass is 549 g/mol. The van der Waals surface area contributed by atoms with Crippen LogP contribution in [0, 0.1) is 12.8 Å². The van der Waals surface area contributed by atoms with Gasteiger partial charge in [-0.15, -0.1) is 24.0 Å². The van der Waals surface area contributed by atoms with E-state index in [-0.39, 0.29) is 24.0 Å². The molecule has 1 saturated heterocycles. The fraction of sp³-hybridized carbons (Fsp3) is 0.696. The lowest BCUT2D eigenvalue weighted by molar-refractivity contribution is 0.0203. The summed E-state index contributed by atoms with van der Waals surface area (Å²) in [5.41, 5.74) is 2.27. The topological polar surface area (TPSA) is 73.3 Å². The highest BCUT2D eigenvalue weighted by Gasteiger charge is 2.13. The first kappa shape index (κ1) is 27.9. The van der Waals surface area contributed by atoms with Crippen molar-refractivity contribution in [3.63, 3.8) is 0 Å². The van der Waals surface area contributed by atoms with Gasteiger partial charge in [-0.25, -0.2) is 0 Å². The van der Waals surface area contributed by atoms with Crippen LogP contribution in [0.1, 0.15) is 37.3 Å². The van der Waals surface area contributed by atoms with Gasteiger partial charge in [-0.3, -0.25) is 4.99 Å². The predicted molar refractivity (Wildman–Crippen MR) is 136 cm³/mol. The first-order valence-corrected chi connectivity index (χ1v) is 11.1. The van der Waals surface area contributed by atoms with Crippen molar-refractivity contribution in [2.45, 2.75) is 39.7 Å². The number of hydrogen-bond acceptors (Lipinski definition) is 5. The van der Waals surface area contributed by atoms with Crippen LogP contribution in [0.2, 0.25) is 0 Å². The van der Waals surface area contributed by atoms with Gasteiger partial charge in [0.1, 0.15) is 12.4 Å². The molecule has 1 aliphatic heterocycles. The second kappa shape index (κ2) is 17.5. The molecule has 0 aliphatic carbocycles. The Hall–Kier alpha value is -1.10. The quantitative estimate of drug-likeness (QED) is 0.170. The molecule has 1 aromatic carbocycles. The van der Waals surface area contributed by atoms with E-state index in [2.05, 4.69) is 40.7 Å². The van der Waals surface area contributed by atoms with Gasteiger partial charge in [0.25, 0.3) is 0 Å². The lowest BCUT2D eigenvalue weighted by Gasteiger charge is -2.21. The molecule has 178 valence electrons. The molecule has 0 bridgehead atoms. The summed E-state index contributed by atoms with van der Waals surface area (Å²) in [6.07, 6.45) is 3.18. The highest BCUT2D eigenvalue weighted by Crippen LogP contribution is 2.20. The second-order valence-electron chi connectivity index (χ2n) is 7.49. The van der Waals surface area contributed by atoms with E-state index in [0.29, 0.717) is 32.3 Å². The third-order valence-electron chi connectivity index (χ3n) is 5.03. The van der Waals surface area contributed by atoms with Crippen LogP contribution in [0.4, 0.5) is 0 Å². The number of hydrogen-bond donors (Lipinski definition) is 2. The Morgan fingerprint density at radius 2 is 1.94 bits per heavy atom. The van der Waals surface area contributed by atoms with E-state index >= 15 is 0 Å². The van der Waals surface area contributed by atoms with E-state index in [4.69, 9.17) is 18.9 Å². The molecule has 1 fully saturated rings. The molecule has 2 rings (SSSR count). The van der Waals surface area contributed by atoms with Crippen LogP contribution in [0.5, 0.6) is 5.75 Å². The molecular formula is C23H40IN3O4. The molecule has 1 aromatic rings. The summed E-state index contributed by atoms with van der Waals surface area (Å²) in [6.45, 7) is 10.7. The molecule has 1 aliphatic rings. The molecule has 0 radical (unpaired) electrons. The van der Waals surface area contributed by atoms with Crippen molar-refractivity contribution in [1.29, 1.82) is 0 Å². The zero-order valence-electron chi connectivity index (χ0n) is 19.3. The average molecular weight is 549 g/mol. The van der Waals surface area contributed by atoms with Gasteiger partial charge < -0.3 is 29.6 Å². The molecule has 0 aromatic heterocycles. The summed E-state index contributed by atoms with van der Waals surface area (Å²) in [7, 11) is 1.78. The maximum absolute atomic E-state index is 5.91. The van der Waals surface area contributed by atoms with Gasteiger partial charge in [-0.1, -0.05) is 12.1 Å². The lowest BCUT2D eigenvalue weighted by Crippen LogP contribution is -2.37. The first-order chi connectivity index (χ1) is 14.7. The molecule has 7 nitrogen and oxygen atoms in total. The highest BCUT2D eigenvalue weighted by atomic mass is 127. The van der Waals surface area contributed by atoms with Crippen LogP contribution in [0.25, 0.3) is 0 Å². The molecule has 2 N–H and O–H groups in total. The number of ether oxygens (including phenoxy) is 4. The summed E-state index contributed by atoms with van der Waals surface area (Å²) in [5, 5.41) is 6.71. The molecule has 1 heterocycles. The van der Waals surface area contributed by atoms with Crippen molar-refractivity contribution >= 4 is 29.9 Å². The van der Waals surface area contributed by atoms with Crippen molar-refractivity contribution in [1.82, 2.24) is 10.6 Å². The van der Waals surface area contributed by atoms with Crippen molar-refractivity contribution in [2.24, 2.45) is 10.9 Å². The van der Waals surface area contributed by atoms with Crippen LogP contribution in [0.15, 0.2) is 23.2 Å². The smallest absolute Gasteiger partial charge is 0.191 e. The number of halogens is 1. The Morgan fingerprint density at radius 1 is 1.13 bits per heavy atom. The molecule has 0 atom stereocenters. The zero-order chi connectivity index (χ0) is 21.4. The van der Waals surface area contributed by atoms with Crippen LogP contribution in [0.3, 0.4) is 0 Å². The minimum atomic E-state index is 0. The molecule has 0 spiro atoms. The van der Waals surface area contributed by atoms with E-state index in [1.165, 1.54) is 5.56 Å². The van der Waals surface area contributed by atoms with Gasteiger partial charge in [-0.2, -0.15) is 0 Å². The Labute approximate surface area is 204 Å². The normalized spacial score (nSPS) is 14.7. The zero-order valence-corrected chi connectivity index (χ0v) is 21.6. The number of guanidine groups is 1. The van der Waals surface area contributed by atoms with E-state index in [1.807, 2.05) is 6.92 Å². The molecule has 0 unspecified atom stereocenters. The minimum absolute atomic E-state index is 0. The standard InChI is InChI=1S/C23H39N3O4.HI/c1-4-27-14-15-30-22-16-19(2)6-7-21(22)17-26-23(24-3)25-10-5-11-29-18-20-8-12-28-13-9-20;/h6-7,16,20H,4-5,8-15,17-18H2,1-3H3,(H2,24,25,26);1H. The van der Waals surface area contributed by atoms with Gasteiger partial charge in [0, 0.05) is 58.7 Å². The van der Waals surface area contributed by atoms with E-state index in [1.54, 1.807) is 7.05 Å². The largest absolute Gasteiger partial charge is 0.491 e. The van der Waals surface area contributed by atoms with E-state index in [9.17, 15) is 0 Å². The number of aliphatic imine (C=N–C) groups is 1.